The van der Waals surface area contributed by atoms with E-state index in [2.05, 4.69) is 25.3 Å². The molecule has 16 atom stereocenters. The normalized spacial score (nSPS) is 52.3. The van der Waals surface area contributed by atoms with Crippen molar-refractivity contribution in [3.8, 4) is 0 Å². The molecule has 270 valence electrons. The van der Waals surface area contributed by atoms with Crippen LogP contribution in [0.3, 0.4) is 0 Å². The lowest BCUT2D eigenvalue weighted by atomic mass is 9.42. The molecule has 5 aliphatic rings. The molecule has 0 aromatic heterocycles. The third-order valence-electron chi connectivity index (χ3n) is 12.8. The number of aliphatic carboxylic acids is 1. The van der Waals surface area contributed by atoms with Crippen molar-refractivity contribution >= 4 is 5.97 Å². The molecule has 5 rings (SSSR count). The van der Waals surface area contributed by atoms with E-state index in [1.165, 1.54) is 0 Å². The van der Waals surface area contributed by atoms with Crippen LogP contribution in [0, 0.1) is 28.1 Å². The average Bonchev–Trinajstić information content (AvgIpc) is 3.11. The van der Waals surface area contributed by atoms with Crippen molar-refractivity contribution in [2.75, 3.05) is 13.2 Å². The Bertz CT molecular complexity index is 1150. The Morgan fingerprint density at radius 3 is 2.06 bits per heavy atom. The Morgan fingerprint density at radius 2 is 1.45 bits per heavy atom. The fraction of sp³-hybridized carbons (Fsp3) is 0.909. The summed E-state index contributed by atoms with van der Waals surface area (Å²) in [6, 6.07) is 0. The van der Waals surface area contributed by atoms with Gasteiger partial charge in [0.15, 0.2) is 18.7 Å². The van der Waals surface area contributed by atoms with Gasteiger partial charge in [0.2, 0.25) is 0 Å². The first-order chi connectivity index (χ1) is 22.0. The maximum absolute atomic E-state index is 12.6. The lowest BCUT2D eigenvalue weighted by Gasteiger charge is -2.62. The minimum Gasteiger partial charge on any atom is -0.481 e. The SMILES string of the molecule is C=C1C[C@@]2(C)CCC3[C@](C)(C(=O)O)CCC[C@@]3(C)[C@@H]2CC[C@@]1(C)OC1OC(CO)C(O)C(OO)C1OC1OC(CO)C(O)C(O)C1O. The van der Waals surface area contributed by atoms with Crippen LogP contribution in [0.5, 0.6) is 0 Å². The summed E-state index contributed by atoms with van der Waals surface area (Å²) in [6.07, 6.45) is -9.72. The van der Waals surface area contributed by atoms with Gasteiger partial charge >= 0.3 is 5.97 Å². The fourth-order valence-electron chi connectivity index (χ4n) is 9.97. The van der Waals surface area contributed by atoms with E-state index in [0.29, 0.717) is 25.7 Å². The number of carboxylic acids is 1. The number of carboxylic acid groups (broad SMARTS) is 1. The highest BCUT2D eigenvalue weighted by atomic mass is 17.1. The second-order valence-electron chi connectivity index (χ2n) is 15.6. The van der Waals surface area contributed by atoms with Gasteiger partial charge in [-0.3, -0.25) is 10.1 Å². The molecule has 3 saturated carbocycles. The van der Waals surface area contributed by atoms with E-state index in [0.717, 1.165) is 31.3 Å². The molecule has 47 heavy (non-hydrogen) atoms. The summed E-state index contributed by atoms with van der Waals surface area (Å²) in [7, 11) is 0. The van der Waals surface area contributed by atoms with Gasteiger partial charge < -0.3 is 54.7 Å². The molecular weight excluding hydrogens is 620 g/mol. The van der Waals surface area contributed by atoms with Crippen LogP contribution in [0.4, 0.5) is 0 Å². The monoisotopic (exact) mass is 674 g/mol. The molecule has 0 spiro atoms. The first-order valence-corrected chi connectivity index (χ1v) is 16.8. The van der Waals surface area contributed by atoms with E-state index in [1.807, 2.05) is 13.8 Å². The maximum atomic E-state index is 12.6. The number of aliphatic hydroxyl groups is 6. The minimum atomic E-state index is -1.80. The molecule has 0 aromatic carbocycles. The van der Waals surface area contributed by atoms with Gasteiger partial charge in [0, 0.05) is 0 Å². The Labute approximate surface area is 275 Å². The van der Waals surface area contributed by atoms with Crippen LogP contribution in [-0.2, 0) is 28.6 Å². The number of aliphatic hydroxyl groups excluding tert-OH is 6. The quantitative estimate of drug-likeness (QED) is 0.102. The van der Waals surface area contributed by atoms with E-state index < -0.39 is 91.6 Å². The van der Waals surface area contributed by atoms with Gasteiger partial charge in [-0.2, -0.15) is 0 Å². The van der Waals surface area contributed by atoms with Gasteiger partial charge in [-0.15, -0.1) is 0 Å². The molecule has 0 amide bonds. The van der Waals surface area contributed by atoms with Crippen molar-refractivity contribution in [3.05, 3.63) is 12.2 Å². The third kappa shape index (κ3) is 6.20. The number of carbonyl (C=O) groups is 1. The van der Waals surface area contributed by atoms with E-state index >= 15 is 0 Å². The number of fused-ring (bicyclic) bond motifs is 3. The van der Waals surface area contributed by atoms with Crippen LogP contribution in [0.15, 0.2) is 12.2 Å². The summed E-state index contributed by atoms with van der Waals surface area (Å²) in [5.74, 6) is -0.557. The van der Waals surface area contributed by atoms with Gasteiger partial charge in [-0.05, 0) is 87.0 Å². The highest BCUT2D eigenvalue weighted by molar-refractivity contribution is 5.75. The summed E-state index contributed by atoms with van der Waals surface area (Å²) in [6.45, 7) is 11.3. The zero-order valence-electron chi connectivity index (χ0n) is 27.7. The standard InChI is InChI=1S/C33H54O14/c1-16-13-30(2)11-7-20-31(3,9-6-10-32(20,4)29(40)41)19(30)8-12-33(16,5)46-28-26(25(47-42)22(37)18(15-35)44-28)45-27-24(39)23(38)21(36)17(14-34)43-27/h17-28,34-39,42H,1,6-15H2,2-5H3,(H,40,41)/t17?,18?,19-,20?,21?,22?,23?,24?,25?,26?,27?,28?,30-,31+,32-,33-/m1/s1. The Morgan fingerprint density at radius 1 is 0.830 bits per heavy atom. The van der Waals surface area contributed by atoms with Crippen molar-refractivity contribution in [2.45, 2.75) is 146 Å². The van der Waals surface area contributed by atoms with Crippen LogP contribution in [0.25, 0.3) is 0 Å². The van der Waals surface area contributed by atoms with Crippen molar-refractivity contribution in [3.63, 3.8) is 0 Å². The van der Waals surface area contributed by atoms with Crippen LogP contribution in [0.2, 0.25) is 0 Å². The van der Waals surface area contributed by atoms with Gasteiger partial charge in [0.1, 0.15) is 42.7 Å². The first kappa shape index (κ1) is 37.0. The summed E-state index contributed by atoms with van der Waals surface area (Å²) in [4.78, 5) is 17.2. The number of hydrogen-bond acceptors (Lipinski definition) is 13. The summed E-state index contributed by atoms with van der Waals surface area (Å²) >= 11 is 0. The molecule has 14 nitrogen and oxygen atoms in total. The van der Waals surface area contributed by atoms with Crippen molar-refractivity contribution in [2.24, 2.45) is 28.1 Å². The molecule has 0 bridgehead atoms. The lowest BCUT2D eigenvalue weighted by Crippen LogP contribution is -2.65. The summed E-state index contributed by atoms with van der Waals surface area (Å²) in [5, 5.41) is 82.0. The molecule has 2 heterocycles. The number of ether oxygens (including phenoxy) is 4. The highest BCUT2D eigenvalue weighted by Gasteiger charge is 2.63. The van der Waals surface area contributed by atoms with Crippen LogP contribution in [0.1, 0.15) is 79.1 Å². The molecule has 8 N–H and O–H groups in total. The van der Waals surface area contributed by atoms with Gasteiger partial charge in [-0.25, -0.2) is 4.89 Å². The Kier molecular flexibility index (Phi) is 10.6. The molecule has 14 heteroatoms. The van der Waals surface area contributed by atoms with Crippen LogP contribution < -0.4 is 0 Å². The van der Waals surface area contributed by atoms with Gasteiger partial charge in [0.25, 0.3) is 0 Å². The van der Waals surface area contributed by atoms with Crippen molar-refractivity contribution in [1.29, 1.82) is 0 Å². The molecular formula is C33H54O14. The molecule has 3 aliphatic carbocycles. The molecule has 2 saturated heterocycles. The maximum Gasteiger partial charge on any atom is 0.309 e. The number of hydrogen-bond donors (Lipinski definition) is 8. The molecule has 5 fully saturated rings. The van der Waals surface area contributed by atoms with Crippen LogP contribution in [-0.4, -0.2) is 127 Å². The zero-order valence-corrected chi connectivity index (χ0v) is 27.7. The average molecular weight is 675 g/mol. The highest BCUT2D eigenvalue weighted by Crippen LogP contribution is 2.68. The van der Waals surface area contributed by atoms with E-state index in [-0.39, 0.29) is 22.7 Å². The second kappa shape index (κ2) is 13.5. The van der Waals surface area contributed by atoms with E-state index in [9.17, 15) is 45.8 Å². The first-order valence-electron chi connectivity index (χ1n) is 16.8. The fourth-order valence-corrected chi connectivity index (χ4v) is 9.97. The Balaban J connectivity index is 1.43. The van der Waals surface area contributed by atoms with Gasteiger partial charge in [0.05, 0.1) is 24.2 Å². The van der Waals surface area contributed by atoms with Crippen molar-refractivity contribution in [1.82, 2.24) is 0 Å². The second-order valence-corrected chi connectivity index (χ2v) is 15.6. The number of rotatable bonds is 8. The predicted octanol–water partition coefficient (Wildman–Crippen LogP) is 0.937. The smallest absolute Gasteiger partial charge is 0.309 e. The third-order valence-corrected chi connectivity index (χ3v) is 12.8. The van der Waals surface area contributed by atoms with Gasteiger partial charge in [-0.1, -0.05) is 26.8 Å². The largest absolute Gasteiger partial charge is 0.481 e. The van der Waals surface area contributed by atoms with Crippen LogP contribution >= 0.6 is 0 Å². The van der Waals surface area contributed by atoms with Crippen molar-refractivity contribution < 1.29 is 69.6 Å². The molecule has 11 unspecified atom stereocenters. The topological polar surface area (TPSA) is 225 Å². The summed E-state index contributed by atoms with van der Waals surface area (Å²) in [5.41, 5.74) is -1.49. The van der Waals surface area contributed by atoms with E-state index in [4.69, 9.17) is 18.9 Å². The van der Waals surface area contributed by atoms with E-state index in [1.54, 1.807) is 0 Å². The lowest BCUT2D eigenvalue weighted by molar-refractivity contribution is -0.414. The summed E-state index contributed by atoms with van der Waals surface area (Å²) < 4.78 is 24.1. The molecule has 0 radical (unpaired) electrons. The molecule has 2 aliphatic heterocycles. The zero-order chi connectivity index (χ0) is 34.7. The molecule has 0 aromatic rings. The predicted molar refractivity (Wildman–Crippen MR) is 162 cm³/mol. The Hall–Kier alpha value is -1.27. The minimum absolute atomic E-state index is 0.0186.